The van der Waals surface area contributed by atoms with Crippen LogP contribution in [0.1, 0.15) is 52.4 Å². The van der Waals surface area contributed by atoms with Crippen molar-refractivity contribution in [3.63, 3.8) is 0 Å². The van der Waals surface area contributed by atoms with Gasteiger partial charge in [-0.1, -0.05) is 0 Å². The Balaban J connectivity index is 0.00000529. The van der Waals surface area contributed by atoms with Crippen molar-refractivity contribution >= 4 is 47.7 Å². The van der Waals surface area contributed by atoms with Crippen molar-refractivity contribution in [2.75, 3.05) is 31.7 Å². The molecule has 7 heteroatoms. The molecule has 0 saturated heterocycles. The lowest BCUT2D eigenvalue weighted by molar-refractivity contribution is -0.149. The van der Waals surface area contributed by atoms with Gasteiger partial charge in [-0.05, 0) is 64.4 Å². The number of carbonyl (C=O) groups excluding carboxylic acids is 1. The van der Waals surface area contributed by atoms with Gasteiger partial charge in [0.15, 0.2) is 5.96 Å². The molecule has 0 aromatic heterocycles. The van der Waals surface area contributed by atoms with Crippen molar-refractivity contribution in [3.8, 4) is 0 Å². The summed E-state index contributed by atoms with van der Waals surface area (Å²) >= 11 is 1.89. The largest absolute Gasteiger partial charge is 0.466 e. The molecule has 0 heterocycles. The van der Waals surface area contributed by atoms with E-state index in [1.165, 1.54) is 12.2 Å². The first kappa shape index (κ1) is 23.8. The van der Waals surface area contributed by atoms with Crippen LogP contribution in [0.5, 0.6) is 0 Å². The minimum atomic E-state index is -0.0275. The zero-order chi connectivity index (χ0) is 16.9. The maximum absolute atomic E-state index is 11.8. The minimum absolute atomic E-state index is 0. The standard InChI is InChI=1S/C17H33N3O2S.HI/c1-4-18-17(19-12-6-7-13-23-3)20-15-10-8-14(9-11-15)16(21)22-5-2;/h14-15H,4-13H2,1-3H3,(H2,18,19,20);1H. The van der Waals surface area contributed by atoms with E-state index in [1.807, 2.05) is 18.7 Å². The molecule has 0 amide bonds. The molecule has 0 unspecified atom stereocenters. The maximum Gasteiger partial charge on any atom is 0.308 e. The fourth-order valence-corrected chi connectivity index (χ4v) is 3.29. The SMILES string of the molecule is CCNC(=NCCCCSC)NC1CCC(C(=O)OCC)CC1.I. The molecular formula is C17H34IN3O2S. The highest BCUT2D eigenvalue weighted by atomic mass is 127. The summed E-state index contributed by atoms with van der Waals surface area (Å²) in [7, 11) is 0. The molecule has 0 atom stereocenters. The number of hydrogen-bond donors (Lipinski definition) is 2. The number of unbranched alkanes of at least 4 members (excludes halogenated alkanes) is 1. The van der Waals surface area contributed by atoms with Gasteiger partial charge in [-0.3, -0.25) is 9.79 Å². The van der Waals surface area contributed by atoms with Crippen molar-refractivity contribution in [2.45, 2.75) is 58.4 Å². The molecule has 142 valence electrons. The summed E-state index contributed by atoms with van der Waals surface area (Å²) in [6.07, 6.45) is 8.30. The normalized spacial score (nSPS) is 20.9. The van der Waals surface area contributed by atoms with Gasteiger partial charge < -0.3 is 15.4 Å². The van der Waals surface area contributed by atoms with E-state index in [4.69, 9.17) is 4.74 Å². The Kier molecular flexibility index (Phi) is 15.0. The first-order valence-corrected chi connectivity index (χ1v) is 10.3. The fraction of sp³-hybridized carbons (Fsp3) is 0.882. The van der Waals surface area contributed by atoms with Gasteiger partial charge in [0.25, 0.3) is 0 Å². The molecule has 0 spiro atoms. The summed E-state index contributed by atoms with van der Waals surface area (Å²) < 4.78 is 5.12. The summed E-state index contributed by atoms with van der Waals surface area (Å²) in [6, 6.07) is 0.407. The van der Waals surface area contributed by atoms with Crippen LogP contribution in [0, 0.1) is 5.92 Å². The van der Waals surface area contributed by atoms with Crippen LogP contribution in [0.4, 0.5) is 0 Å². The molecule has 1 aliphatic carbocycles. The van der Waals surface area contributed by atoms with E-state index in [0.29, 0.717) is 12.6 Å². The number of halogens is 1. The number of hydrogen-bond acceptors (Lipinski definition) is 4. The third-order valence-electron chi connectivity index (χ3n) is 4.06. The average molecular weight is 471 g/mol. The van der Waals surface area contributed by atoms with Crippen LogP contribution in [0.2, 0.25) is 0 Å². The lowest BCUT2D eigenvalue weighted by Crippen LogP contribution is -2.45. The second-order valence-electron chi connectivity index (χ2n) is 5.91. The second kappa shape index (κ2) is 15.1. The number of esters is 1. The highest BCUT2D eigenvalue weighted by molar-refractivity contribution is 14.0. The van der Waals surface area contributed by atoms with Crippen LogP contribution in [0.3, 0.4) is 0 Å². The number of carbonyl (C=O) groups is 1. The van der Waals surface area contributed by atoms with Crippen molar-refractivity contribution in [1.29, 1.82) is 0 Å². The van der Waals surface area contributed by atoms with Gasteiger partial charge in [0.2, 0.25) is 0 Å². The molecule has 0 aliphatic heterocycles. The number of guanidine groups is 1. The quantitative estimate of drug-likeness (QED) is 0.177. The summed E-state index contributed by atoms with van der Waals surface area (Å²) in [6.45, 7) is 6.17. The van der Waals surface area contributed by atoms with Crippen molar-refractivity contribution < 1.29 is 9.53 Å². The smallest absolute Gasteiger partial charge is 0.308 e. The van der Waals surface area contributed by atoms with Gasteiger partial charge in [-0.15, -0.1) is 24.0 Å². The molecule has 0 aromatic carbocycles. The molecule has 0 radical (unpaired) electrons. The number of rotatable bonds is 9. The van der Waals surface area contributed by atoms with Gasteiger partial charge >= 0.3 is 5.97 Å². The molecule has 24 heavy (non-hydrogen) atoms. The maximum atomic E-state index is 11.8. The van der Waals surface area contributed by atoms with E-state index in [9.17, 15) is 4.79 Å². The zero-order valence-corrected chi connectivity index (χ0v) is 18.5. The summed E-state index contributed by atoms with van der Waals surface area (Å²) in [5.41, 5.74) is 0. The average Bonchev–Trinajstić information content (AvgIpc) is 2.55. The molecule has 1 saturated carbocycles. The predicted molar refractivity (Wildman–Crippen MR) is 115 cm³/mol. The Morgan fingerprint density at radius 2 is 1.92 bits per heavy atom. The van der Waals surface area contributed by atoms with Crippen molar-refractivity contribution in [3.05, 3.63) is 0 Å². The van der Waals surface area contributed by atoms with E-state index < -0.39 is 0 Å². The van der Waals surface area contributed by atoms with Crippen LogP contribution in [-0.4, -0.2) is 49.7 Å². The Bertz CT molecular complexity index is 362. The van der Waals surface area contributed by atoms with Crippen LogP contribution < -0.4 is 10.6 Å². The Morgan fingerprint density at radius 1 is 1.21 bits per heavy atom. The van der Waals surface area contributed by atoms with E-state index in [0.717, 1.165) is 51.2 Å². The molecule has 1 aliphatic rings. The molecule has 0 aromatic rings. The summed E-state index contributed by atoms with van der Waals surface area (Å²) in [4.78, 5) is 16.4. The Morgan fingerprint density at radius 3 is 2.50 bits per heavy atom. The molecule has 5 nitrogen and oxygen atoms in total. The van der Waals surface area contributed by atoms with Crippen LogP contribution in [0.25, 0.3) is 0 Å². The lowest BCUT2D eigenvalue weighted by atomic mass is 9.86. The Labute approximate surface area is 168 Å². The van der Waals surface area contributed by atoms with E-state index in [2.05, 4.69) is 28.8 Å². The highest BCUT2D eigenvalue weighted by Gasteiger charge is 2.27. The molecule has 1 fully saturated rings. The highest BCUT2D eigenvalue weighted by Crippen LogP contribution is 2.25. The number of nitrogens with zero attached hydrogens (tertiary/aromatic N) is 1. The second-order valence-corrected chi connectivity index (χ2v) is 6.89. The number of nitrogens with one attached hydrogen (secondary N) is 2. The summed E-state index contributed by atoms with van der Waals surface area (Å²) in [5, 5.41) is 6.84. The zero-order valence-electron chi connectivity index (χ0n) is 15.3. The van der Waals surface area contributed by atoms with Crippen LogP contribution >= 0.6 is 35.7 Å². The summed E-state index contributed by atoms with van der Waals surface area (Å²) in [5.74, 6) is 2.17. The third-order valence-corrected chi connectivity index (χ3v) is 4.76. The Hall–Kier alpha value is -0.180. The first-order chi connectivity index (χ1) is 11.2. The van der Waals surface area contributed by atoms with Gasteiger partial charge in [0.1, 0.15) is 0 Å². The number of ether oxygens (including phenoxy) is 1. The van der Waals surface area contributed by atoms with E-state index in [1.54, 1.807) is 0 Å². The van der Waals surface area contributed by atoms with Gasteiger partial charge in [-0.2, -0.15) is 11.8 Å². The van der Waals surface area contributed by atoms with Gasteiger partial charge in [-0.25, -0.2) is 0 Å². The van der Waals surface area contributed by atoms with Crippen molar-refractivity contribution in [1.82, 2.24) is 10.6 Å². The van der Waals surface area contributed by atoms with Gasteiger partial charge in [0.05, 0.1) is 12.5 Å². The first-order valence-electron chi connectivity index (χ1n) is 8.91. The molecular weight excluding hydrogens is 437 g/mol. The number of thioether (sulfide) groups is 1. The third kappa shape index (κ3) is 9.96. The monoisotopic (exact) mass is 471 g/mol. The van der Waals surface area contributed by atoms with Crippen LogP contribution in [0.15, 0.2) is 4.99 Å². The molecule has 2 N–H and O–H groups in total. The van der Waals surface area contributed by atoms with Crippen molar-refractivity contribution in [2.24, 2.45) is 10.9 Å². The van der Waals surface area contributed by atoms with E-state index in [-0.39, 0.29) is 35.9 Å². The predicted octanol–water partition coefficient (Wildman–Crippen LogP) is 3.42. The minimum Gasteiger partial charge on any atom is -0.466 e. The lowest BCUT2D eigenvalue weighted by Gasteiger charge is -2.29. The van der Waals surface area contributed by atoms with E-state index >= 15 is 0 Å². The fourth-order valence-electron chi connectivity index (χ4n) is 2.80. The molecule has 0 bridgehead atoms. The number of aliphatic imine (C=N–C) groups is 1. The molecule has 1 rings (SSSR count). The van der Waals surface area contributed by atoms with Gasteiger partial charge in [0, 0.05) is 19.1 Å². The topological polar surface area (TPSA) is 62.7 Å². The van der Waals surface area contributed by atoms with Crippen LogP contribution in [-0.2, 0) is 9.53 Å².